The predicted octanol–water partition coefficient (Wildman–Crippen LogP) is 3.17. The highest BCUT2D eigenvalue weighted by Gasteiger charge is 2.28. The molecule has 2 heterocycles. The third-order valence-electron chi connectivity index (χ3n) is 3.94. The lowest BCUT2D eigenvalue weighted by Gasteiger charge is -2.31. The zero-order valence-corrected chi connectivity index (χ0v) is 13.8. The zero-order chi connectivity index (χ0) is 15.6. The first-order valence-corrected chi connectivity index (χ1v) is 9.48. The summed E-state index contributed by atoms with van der Waals surface area (Å²) in [5, 5.41) is 0. The lowest BCUT2D eigenvalue weighted by atomic mass is 9.92. The Hall–Kier alpha value is -1.01. The molecule has 1 amide bonds. The van der Waals surface area contributed by atoms with Gasteiger partial charge in [0.2, 0.25) is 0 Å². The minimum Gasteiger partial charge on any atom is -0.455 e. The first kappa shape index (κ1) is 16.4. The molecule has 5 nitrogen and oxygen atoms in total. The van der Waals surface area contributed by atoms with E-state index in [0.29, 0.717) is 19.0 Å². The van der Waals surface area contributed by atoms with Crippen molar-refractivity contribution in [3.05, 3.63) is 17.6 Å². The summed E-state index contributed by atoms with van der Waals surface area (Å²) < 4.78 is 28.0. The average molecular weight is 334 g/mol. The number of carbonyl (C=O) groups is 1. The Balaban J connectivity index is 2.08. The van der Waals surface area contributed by atoms with Gasteiger partial charge in [0.25, 0.3) is 15.0 Å². The van der Waals surface area contributed by atoms with E-state index < -0.39 is 9.05 Å². The number of nitrogens with zero attached hydrogens (tertiary/aromatic N) is 1. The van der Waals surface area contributed by atoms with Gasteiger partial charge >= 0.3 is 0 Å². The van der Waals surface area contributed by atoms with E-state index in [1.807, 2.05) is 0 Å². The molecular weight excluding hydrogens is 314 g/mol. The van der Waals surface area contributed by atoms with Crippen LogP contribution in [-0.2, 0) is 9.05 Å². The van der Waals surface area contributed by atoms with Gasteiger partial charge in [-0.15, -0.1) is 0 Å². The smallest absolute Gasteiger partial charge is 0.289 e. The van der Waals surface area contributed by atoms with Gasteiger partial charge in [0, 0.05) is 29.8 Å². The van der Waals surface area contributed by atoms with E-state index in [9.17, 15) is 13.2 Å². The number of halogens is 1. The second-order valence-corrected chi connectivity index (χ2v) is 8.03. The molecule has 2 rings (SSSR count). The zero-order valence-electron chi connectivity index (χ0n) is 12.3. The highest BCUT2D eigenvalue weighted by Crippen LogP contribution is 2.26. The Morgan fingerprint density at radius 2 is 2.05 bits per heavy atom. The molecule has 0 spiro atoms. The third kappa shape index (κ3) is 3.80. The van der Waals surface area contributed by atoms with Crippen molar-refractivity contribution in [3.63, 3.8) is 0 Å². The quantitative estimate of drug-likeness (QED) is 0.794. The first-order chi connectivity index (χ1) is 9.82. The van der Waals surface area contributed by atoms with Gasteiger partial charge < -0.3 is 9.32 Å². The van der Waals surface area contributed by atoms with Gasteiger partial charge in [-0.1, -0.05) is 19.8 Å². The van der Waals surface area contributed by atoms with E-state index in [0.717, 1.165) is 19.3 Å². The molecule has 1 fully saturated rings. The second-order valence-electron chi connectivity index (χ2n) is 5.49. The summed E-state index contributed by atoms with van der Waals surface area (Å²) in [6, 6.07) is 1.22. The van der Waals surface area contributed by atoms with Gasteiger partial charge in [0.05, 0.1) is 0 Å². The lowest BCUT2D eigenvalue weighted by Crippen LogP contribution is -2.38. The van der Waals surface area contributed by atoms with Crippen molar-refractivity contribution in [2.24, 2.45) is 5.92 Å². The molecule has 0 atom stereocenters. The van der Waals surface area contributed by atoms with Gasteiger partial charge in [0.1, 0.15) is 10.7 Å². The van der Waals surface area contributed by atoms with Gasteiger partial charge in [-0.05, 0) is 25.7 Å². The molecule has 1 aromatic rings. The van der Waals surface area contributed by atoms with Crippen molar-refractivity contribution in [2.75, 3.05) is 13.1 Å². The van der Waals surface area contributed by atoms with E-state index >= 15 is 0 Å². The molecule has 0 aliphatic carbocycles. The van der Waals surface area contributed by atoms with Crippen LogP contribution in [0, 0.1) is 12.8 Å². The van der Waals surface area contributed by atoms with E-state index in [2.05, 4.69) is 6.92 Å². The van der Waals surface area contributed by atoms with Crippen LogP contribution in [-0.4, -0.2) is 32.3 Å². The lowest BCUT2D eigenvalue weighted by molar-refractivity contribution is 0.0653. The van der Waals surface area contributed by atoms with Crippen molar-refractivity contribution in [1.82, 2.24) is 4.90 Å². The fourth-order valence-corrected chi connectivity index (χ4v) is 3.89. The molecule has 1 aromatic heterocycles. The van der Waals surface area contributed by atoms with Crippen LogP contribution < -0.4 is 0 Å². The number of hydrogen-bond acceptors (Lipinski definition) is 4. The Bertz CT molecular complexity index is 615. The van der Waals surface area contributed by atoms with Gasteiger partial charge in [-0.3, -0.25) is 4.79 Å². The molecule has 0 saturated carbocycles. The summed E-state index contributed by atoms with van der Waals surface area (Å²) in [4.78, 5) is 13.9. The summed E-state index contributed by atoms with van der Waals surface area (Å²) in [6.07, 6.45) is 4.32. The van der Waals surface area contributed by atoms with Crippen molar-refractivity contribution < 1.29 is 17.6 Å². The molecule has 1 aliphatic rings. The Morgan fingerprint density at radius 3 is 2.52 bits per heavy atom. The number of piperidine rings is 1. The van der Waals surface area contributed by atoms with E-state index in [1.165, 1.54) is 19.4 Å². The third-order valence-corrected chi connectivity index (χ3v) is 5.37. The molecule has 1 aliphatic heterocycles. The van der Waals surface area contributed by atoms with Crippen LogP contribution in [0.1, 0.15) is 48.9 Å². The second kappa shape index (κ2) is 6.40. The van der Waals surface area contributed by atoms with Crippen LogP contribution in [0.3, 0.4) is 0 Å². The number of likely N-dealkylation sites (tertiary alicyclic amines) is 1. The number of hydrogen-bond donors (Lipinski definition) is 0. The van der Waals surface area contributed by atoms with Crippen LogP contribution in [0.4, 0.5) is 0 Å². The molecule has 0 N–H and O–H groups in total. The SMILES string of the molecule is CCCC1CCN(C(=O)c2cc(S(=O)(=O)Cl)c(C)o2)CC1. The maximum atomic E-state index is 12.4. The van der Waals surface area contributed by atoms with Gasteiger partial charge in [0.15, 0.2) is 5.76 Å². The fourth-order valence-electron chi connectivity index (χ4n) is 2.80. The molecule has 1 saturated heterocycles. The fraction of sp³-hybridized carbons (Fsp3) is 0.643. The van der Waals surface area contributed by atoms with Crippen LogP contribution in [0.2, 0.25) is 0 Å². The number of furan rings is 1. The molecule has 118 valence electrons. The average Bonchev–Trinajstić information content (AvgIpc) is 2.81. The highest BCUT2D eigenvalue weighted by atomic mass is 35.7. The van der Waals surface area contributed by atoms with Crippen LogP contribution in [0.25, 0.3) is 0 Å². The monoisotopic (exact) mass is 333 g/mol. The predicted molar refractivity (Wildman–Crippen MR) is 80.0 cm³/mol. The summed E-state index contributed by atoms with van der Waals surface area (Å²) >= 11 is 0. The molecule has 0 radical (unpaired) electrons. The number of aryl methyl sites for hydroxylation is 1. The largest absolute Gasteiger partial charge is 0.455 e. The van der Waals surface area contributed by atoms with Gasteiger partial charge in [-0.2, -0.15) is 0 Å². The Kier molecular flexibility index (Phi) is 4.99. The summed E-state index contributed by atoms with van der Waals surface area (Å²) in [6.45, 7) is 5.02. The Morgan fingerprint density at radius 1 is 1.43 bits per heavy atom. The summed E-state index contributed by atoms with van der Waals surface area (Å²) in [5.41, 5.74) is 0. The van der Waals surface area contributed by atoms with Gasteiger partial charge in [-0.25, -0.2) is 8.42 Å². The number of carbonyl (C=O) groups excluding carboxylic acids is 1. The van der Waals surface area contributed by atoms with E-state index in [4.69, 9.17) is 15.1 Å². The molecular formula is C14H20ClNO4S. The van der Waals surface area contributed by atoms with Crippen molar-refractivity contribution >= 4 is 25.6 Å². The molecule has 0 unspecified atom stereocenters. The van der Waals surface area contributed by atoms with E-state index in [1.54, 1.807) is 4.90 Å². The van der Waals surface area contributed by atoms with E-state index in [-0.39, 0.29) is 22.3 Å². The number of rotatable bonds is 4. The first-order valence-electron chi connectivity index (χ1n) is 7.17. The maximum absolute atomic E-state index is 12.4. The topological polar surface area (TPSA) is 67.6 Å². The maximum Gasteiger partial charge on any atom is 0.289 e. The Labute approximate surface area is 129 Å². The standard InChI is InChI=1S/C14H20ClNO4S/c1-3-4-11-5-7-16(8-6-11)14(17)12-9-13(10(2)20-12)21(15,18)19/h9,11H,3-8H2,1-2H3. The highest BCUT2D eigenvalue weighted by molar-refractivity contribution is 8.13. The van der Waals surface area contributed by atoms with Crippen molar-refractivity contribution in [2.45, 2.75) is 44.4 Å². The summed E-state index contributed by atoms with van der Waals surface area (Å²) in [5.74, 6) is 0.602. The van der Waals surface area contributed by atoms with Crippen molar-refractivity contribution in [3.8, 4) is 0 Å². The molecule has 21 heavy (non-hydrogen) atoms. The molecule has 7 heteroatoms. The number of amides is 1. The molecule has 0 bridgehead atoms. The van der Waals surface area contributed by atoms with Crippen molar-refractivity contribution in [1.29, 1.82) is 0 Å². The van der Waals surface area contributed by atoms with Crippen LogP contribution in [0.5, 0.6) is 0 Å². The minimum atomic E-state index is -3.89. The van der Waals surface area contributed by atoms with Crippen LogP contribution in [0.15, 0.2) is 15.4 Å². The summed E-state index contributed by atoms with van der Waals surface area (Å²) in [7, 11) is 1.42. The minimum absolute atomic E-state index is 0.0423. The van der Waals surface area contributed by atoms with Crippen LogP contribution >= 0.6 is 10.7 Å². The molecule has 0 aromatic carbocycles. The normalized spacial score (nSPS) is 17.2.